The average molecular weight is 342 g/mol. The molecule has 0 radical (unpaired) electrons. The number of rotatable bonds is 5. The largest absolute Gasteiger partial charge is 0.350 e. The van der Waals surface area contributed by atoms with E-state index in [-0.39, 0.29) is 17.9 Å². The van der Waals surface area contributed by atoms with Crippen LogP contribution in [-0.4, -0.2) is 39.2 Å². The van der Waals surface area contributed by atoms with Crippen molar-refractivity contribution in [2.24, 2.45) is 5.92 Å². The van der Waals surface area contributed by atoms with Crippen molar-refractivity contribution in [1.29, 1.82) is 0 Å². The molecule has 1 saturated heterocycles. The summed E-state index contributed by atoms with van der Waals surface area (Å²) in [7, 11) is 0. The van der Waals surface area contributed by atoms with E-state index in [2.05, 4.69) is 24.1 Å². The van der Waals surface area contributed by atoms with Crippen molar-refractivity contribution in [3.63, 3.8) is 0 Å². The van der Waals surface area contributed by atoms with Crippen LogP contribution in [0.5, 0.6) is 0 Å². The van der Waals surface area contributed by atoms with Gasteiger partial charge in [-0.2, -0.15) is 0 Å². The fourth-order valence-corrected chi connectivity index (χ4v) is 3.37. The van der Waals surface area contributed by atoms with Gasteiger partial charge in [-0.15, -0.1) is 0 Å². The first-order chi connectivity index (χ1) is 12.0. The Morgan fingerprint density at radius 2 is 2.20 bits per heavy atom. The quantitative estimate of drug-likeness (QED) is 0.908. The minimum absolute atomic E-state index is 0.0537. The Bertz CT molecular complexity index is 783. The number of likely N-dealkylation sites (tertiary alicyclic amines) is 1. The summed E-state index contributed by atoms with van der Waals surface area (Å²) in [6.45, 7) is 7.20. The molecule has 25 heavy (non-hydrogen) atoms. The van der Waals surface area contributed by atoms with Crippen molar-refractivity contribution < 1.29 is 9.59 Å². The van der Waals surface area contributed by atoms with E-state index < -0.39 is 0 Å². The first-order valence-corrected chi connectivity index (χ1v) is 9.05. The predicted molar refractivity (Wildman–Crippen MR) is 96.3 cm³/mol. The van der Waals surface area contributed by atoms with Crippen LogP contribution in [-0.2, 0) is 4.79 Å². The van der Waals surface area contributed by atoms with Gasteiger partial charge >= 0.3 is 0 Å². The zero-order valence-electron chi connectivity index (χ0n) is 15.2. The van der Waals surface area contributed by atoms with Crippen LogP contribution in [0.3, 0.4) is 0 Å². The van der Waals surface area contributed by atoms with Gasteiger partial charge in [0.2, 0.25) is 5.91 Å². The molecule has 1 N–H and O–H groups in total. The van der Waals surface area contributed by atoms with E-state index in [0.29, 0.717) is 18.2 Å². The lowest BCUT2D eigenvalue weighted by atomic mass is 10.1. The molecule has 1 aliphatic rings. The lowest BCUT2D eigenvalue weighted by Crippen LogP contribution is -2.30. The second kappa shape index (κ2) is 7.25. The van der Waals surface area contributed by atoms with E-state index in [0.717, 1.165) is 37.1 Å². The molecule has 2 amide bonds. The highest BCUT2D eigenvalue weighted by molar-refractivity contribution is 5.99. The lowest BCUT2D eigenvalue weighted by Gasteiger charge is -2.22. The van der Waals surface area contributed by atoms with Crippen molar-refractivity contribution in [2.75, 3.05) is 13.1 Å². The monoisotopic (exact) mass is 342 g/mol. The molecular formula is C19H26N4O2. The molecule has 3 heterocycles. The topological polar surface area (TPSA) is 66.7 Å². The zero-order valence-corrected chi connectivity index (χ0v) is 15.2. The molecule has 2 atom stereocenters. The van der Waals surface area contributed by atoms with Gasteiger partial charge < -0.3 is 14.6 Å². The number of fused-ring (bicyclic) bond motifs is 1. The normalized spacial score (nSPS) is 18.5. The van der Waals surface area contributed by atoms with Crippen LogP contribution >= 0.6 is 0 Å². The van der Waals surface area contributed by atoms with Gasteiger partial charge in [0.25, 0.3) is 5.91 Å². The summed E-state index contributed by atoms with van der Waals surface area (Å²) < 4.78 is 1.95. The fraction of sp³-hybridized carbons (Fsp3) is 0.526. The number of carbonyl (C=O) groups excluding carboxylic acids is 2. The summed E-state index contributed by atoms with van der Waals surface area (Å²) >= 11 is 0. The minimum atomic E-state index is -0.150. The number of amides is 2. The minimum Gasteiger partial charge on any atom is -0.350 e. The van der Waals surface area contributed by atoms with Crippen molar-refractivity contribution in [2.45, 2.75) is 46.1 Å². The second-order valence-corrected chi connectivity index (χ2v) is 6.87. The van der Waals surface area contributed by atoms with Crippen molar-refractivity contribution >= 4 is 17.3 Å². The summed E-state index contributed by atoms with van der Waals surface area (Å²) in [6, 6.07) is 5.67. The van der Waals surface area contributed by atoms with Crippen LogP contribution in [0.1, 0.15) is 62.4 Å². The maximum atomic E-state index is 12.7. The predicted octanol–water partition coefficient (Wildman–Crippen LogP) is 2.79. The van der Waals surface area contributed by atoms with Gasteiger partial charge in [0.1, 0.15) is 5.82 Å². The number of aromatic nitrogens is 2. The molecular weight excluding hydrogens is 316 g/mol. The highest BCUT2D eigenvalue weighted by atomic mass is 16.2. The molecule has 6 heteroatoms. The van der Waals surface area contributed by atoms with E-state index in [1.165, 1.54) is 0 Å². The average Bonchev–Trinajstić information content (AvgIpc) is 3.23. The highest BCUT2D eigenvalue weighted by Crippen LogP contribution is 2.32. The van der Waals surface area contributed by atoms with Gasteiger partial charge in [0.05, 0.1) is 11.6 Å². The Morgan fingerprint density at radius 1 is 1.40 bits per heavy atom. The molecule has 1 aliphatic heterocycles. The lowest BCUT2D eigenvalue weighted by molar-refractivity contribution is -0.129. The molecule has 6 nitrogen and oxygen atoms in total. The van der Waals surface area contributed by atoms with Gasteiger partial charge in [0.15, 0.2) is 5.69 Å². The second-order valence-electron chi connectivity index (χ2n) is 6.87. The van der Waals surface area contributed by atoms with Crippen LogP contribution < -0.4 is 5.32 Å². The summed E-state index contributed by atoms with van der Waals surface area (Å²) in [6.07, 6.45) is 4.77. The van der Waals surface area contributed by atoms with Crippen LogP contribution in [0.25, 0.3) is 5.52 Å². The molecule has 2 aromatic heterocycles. The van der Waals surface area contributed by atoms with E-state index in [1.54, 1.807) is 6.92 Å². The molecule has 3 rings (SSSR count). The summed E-state index contributed by atoms with van der Waals surface area (Å²) in [5.41, 5.74) is 1.23. The van der Waals surface area contributed by atoms with Crippen molar-refractivity contribution in [1.82, 2.24) is 19.6 Å². The SMILES string of the molecule is CCC(C)CNC(=O)c1nc(C2CCCN2C(C)=O)n2ccccc12. The first kappa shape index (κ1) is 17.5. The Balaban J connectivity index is 1.96. The molecule has 0 saturated carbocycles. The van der Waals surface area contributed by atoms with Gasteiger partial charge in [-0.3, -0.25) is 9.59 Å². The van der Waals surface area contributed by atoms with Gasteiger partial charge in [-0.05, 0) is 30.9 Å². The standard InChI is InChI=1S/C19H26N4O2/c1-4-13(2)12-20-19(25)17-15-8-5-6-10-23(15)18(21-17)16-9-7-11-22(16)14(3)24/h5-6,8,10,13,16H,4,7,9,11-12H2,1-3H3,(H,20,25). The van der Waals surface area contributed by atoms with Crippen LogP contribution in [0.15, 0.2) is 24.4 Å². The molecule has 2 aromatic rings. The Hall–Kier alpha value is -2.37. The molecule has 2 unspecified atom stereocenters. The molecule has 1 fully saturated rings. The van der Waals surface area contributed by atoms with Gasteiger partial charge in [-0.25, -0.2) is 4.98 Å². The molecule has 134 valence electrons. The number of nitrogens with zero attached hydrogens (tertiary/aromatic N) is 3. The third-order valence-electron chi connectivity index (χ3n) is 5.05. The van der Waals surface area contributed by atoms with E-state index in [9.17, 15) is 9.59 Å². The Kier molecular flexibility index (Phi) is 5.06. The van der Waals surface area contributed by atoms with Crippen LogP contribution in [0.4, 0.5) is 0 Å². The van der Waals surface area contributed by atoms with Gasteiger partial charge in [-0.1, -0.05) is 26.3 Å². The first-order valence-electron chi connectivity index (χ1n) is 9.05. The zero-order chi connectivity index (χ0) is 18.0. The Labute approximate surface area is 148 Å². The number of imidazole rings is 1. The van der Waals surface area contributed by atoms with E-state index in [4.69, 9.17) is 0 Å². The number of hydrogen-bond donors (Lipinski definition) is 1. The number of hydrogen-bond acceptors (Lipinski definition) is 3. The van der Waals surface area contributed by atoms with Crippen LogP contribution in [0.2, 0.25) is 0 Å². The third-order valence-corrected chi connectivity index (χ3v) is 5.05. The summed E-state index contributed by atoms with van der Waals surface area (Å²) in [4.78, 5) is 31.1. The van der Waals surface area contributed by atoms with Crippen molar-refractivity contribution in [3.8, 4) is 0 Å². The molecule has 0 spiro atoms. The summed E-state index contributed by atoms with van der Waals surface area (Å²) in [5.74, 6) is 1.11. The smallest absolute Gasteiger partial charge is 0.272 e. The van der Waals surface area contributed by atoms with Crippen LogP contribution in [0, 0.1) is 5.92 Å². The number of carbonyl (C=O) groups is 2. The van der Waals surface area contributed by atoms with E-state index >= 15 is 0 Å². The molecule has 0 aromatic carbocycles. The maximum absolute atomic E-state index is 12.7. The highest BCUT2D eigenvalue weighted by Gasteiger charge is 2.32. The van der Waals surface area contributed by atoms with Crippen molar-refractivity contribution in [3.05, 3.63) is 35.9 Å². The third kappa shape index (κ3) is 3.38. The maximum Gasteiger partial charge on any atom is 0.272 e. The van der Waals surface area contributed by atoms with Gasteiger partial charge in [0, 0.05) is 26.2 Å². The Morgan fingerprint density at radius 3 is 2.92 bits per heavy atom. The number of nitrogens with one attached hydrogen (secondary N) is 1. The molecule has 0 bridgehead atoms. The summed E-state index contributed by atoms with van der Waals surface area (Å²) in [5, 5.41) is 2.98. The number of pyridine rings is 1. The fourth-order valence-electron chi connectivity index (χ4n) is 3.37. The molecule has 0 aliphatic carbocycles. The van der Waals surface area contributed by atoms with E-state index in [1.807, 2.05) is 33.7 Å².